The lowest BCUT2D eigenvalue weighted by atomic mass is 9.98. The Morgan fingerprint density at radius 2 is 2.00 bits per heavy atom. The van der Waals surface area contributed by atoms with Gasteiger partial charge in [-0.1, -0.05) is 19.9 Å². The van der Waals surface area contributed by atoms with Gasteiger partial charge in [0.2, 0.25) is 5.82 Å². The standard InChI is InChI=1S/C12H17FN2O2.ClH/c1-8(2)3-6-11(14)9-4-5-10(13)12(7-9)15(16)17;/h4-5,7-8,11H,3,6,14H2,1-2H3;1H/t11-;/m1./s1. The molecule has 0 aliphatic rings. The molecule has 4 nitrogen and oxygen atoms in total. The Hall–Kier alpha value is -1.20. The molecule has 0 aromatic heterocycles. The number of rotatable bonds is 5. The molecule has 1 aromatic rings. The molecule has 0 saturated heterocycles. The van der Waals surface area contributed by atoms with Gasteiger partial charge in [0.25, 0.3) is 0 Å². The van der Waals surface area contributed by atoms with E-state index in [-0.39, 0.29) is 18.4 Å². The summed E-state index contributed by atoms with van der Waals surface area (Å²) in [5.74, 6) is -0.300. The second-order valence-corrected chi connectivity index (χ2v) is 4.55. The highest BCUT2D eigenvalue weighted by atomic mass is 35.5. The SMILES string of the molecule is CC(C)CC[C@@H](N)c1ccc(F)c([N+](=O)[O-])c1.Cl. The zero-order valence-corrected chi connectivity index (χ0v) is 11.2. The maximum atomic E-state index is 13.1. The largest absolute Gasteiger partial charge is 0.324 e. The van der Waals surface area contributed by atoms with Gasteiger partial charge in [0.1, 0.15) is 0 Å². The average Bonchev–Trinajstić information content (AvgIpc) is 2.26. The zero-order chi connectivity index (χ0) is 13.0. The third-order valence-electron chi connectivity index (χ3n) is 2.65. The number of halogens is 2. The van der Waals surface area contributed by atoms with Gasteiger partial charge in [0.15, 0.2) is 0 Å². The first-order chi connectivity index (χ1) is 7.91. The molecule has 0 unspecified atom stereocenters. The normalized spacial score (nSPS) is 12.1. The number of nitro groups is 1. The molecule has 102 valence electrons. The van der Waals surface area contributed by atoms with Gasteiger partial charge < -0.3 is 5.73 Å². The summed E-state index contributed by atoms with van der Waals surface area (Å²) >= 11 is 0. The molecule has 18 heavy (non-hydrogen) atoms. The number of nitrogens with two attached hydrogens (primary N) is 1. The van der Waals surface area contributed by atoms with E-state index >= 15 is 0 Å². The molecule has 0 radical (unpaired) electrons. The van der Waals surface area contributed by atoms with Crippen molar-refractivity contribution in [3.63, 3.8) is 0 Å². The van der Waals surface area contributed by atoms with E-state index in [0.29, 0.717) is 11.5 Å². The lowest BCUT2D eigenvalue weighted by Crippen LogP contribution is -2.11. The molecular weight excluding hydrogens is 259 g/mol. The van der Waals surface area contributed by atoms with E-state index in [1.807, 2.05) is 0 Å². The minimum absolute atomic E-state index is 0. The predicted octanol–water partition coefficient (Wildman–Crippen LogP) is 3.59. The lowest BCUT2D eigenvalue weighted by molar-refractivity contribution is -0.387. The number of hydrogen-bond acceptors (Lipinski definition) is 3. The van der Waals surface area contributed by atoms with Gasteiger partial charge in [0.05, 0.1) is 4.92 Å². The smallest absolute Gasteiger partial charge is 0.305 e. The van der Waals surface area contributed by atoms with Crippen molar-refractivity contribution < 1.29 is 9.31 Å². The summed E-state index contributed by atoms with van der Waals surface area (Å²) in [5, 5.41) is 10.6. The minimum atomic E-state index is -0.824. The maximum Gasteiger partial charge on any atom is 0.305 e. The molecule has 0 aliphatic heterocycles. The molecule has 0 aliphatic carbocycles. The molecule has 0 saturated carbocycles. The Labute approximate surface area is 112 Å². The molecule has 0 amide bonds. The van der Waals surface area contributed by atoms with Gasteiger partial charge in [-0.2, -0.15) is 4.39 Å². The van der Waals surface area contributed by atoms with Crippen LogP contribution in [0.1, 0.15) is 38.3 Å². The van der Waals surface area contributed by atoms with Crippen molar-refractivity contribution in [2.45, 2.75) is 32.7 Å². The first kappa shape index (κ1) is 16.8. The third-order valence-corrected chi connectivity index (χ3v) is 2.65. The monoisotopic (exact) mass is 276 g/mol. The number of nitro benzene ring substituents is 1. The molecule has 1 atom stereocenters. The zero-order valence-electron chi connectivity index (χ0n) is 10.4. The summed E-state index contributed by atoms with van der Waals surface area (Å²) in [6, 6.07) is 3.55. The summed E-state index contributed by atoms with van der Waals surface area (Å²) < 4.78 is 13.1. The Balaban J connectivity index is 0.00000289. The third kappa shape index (κ3) is 4.58. The van der Waals surface area contributed by atoms with Crippen molar-refractivity contribution in [1.82, 2.24) is 0 Å². The van der Waals surface area contributed by atoms with Crippen LogP contribution in [0, 0.1) is 21.8 Å². The molecule has 0 spiro atoms. The van der Waals surface area contributed by atoms with E-state index in [0.717, 1.165) is 18.9 Å². The fraction of sp³-hybridized carbons (Fsp3) is 0.500. The maximum absolute atomic E-state index is 13.1. The second-order valence-electron chi connectivity index (χ2n) is 4.55. The fourth-order valence-corrected chi connectivity index (χ4v) is 1.58. The lowest BCUT2D eigenvalue weighted by Gasteiger charge is -2.13. The molecule has 1 aromatic carbocycles. The fourth-order valence-electron chi connectivity index (χ4n) is 1.58. The van der Waals surface area contributed by atoms with Gasteiger partial charge in [-0.15, -0.1) is 12.4 Å². The van der Waals surface area contributed by atoms with Crippen LogP contribution < -0.4 is 5.73 Å². The average molecular weight is 277 g/mol. The van der Waals surface area contributed by atoms with E-state index in [2.05, 4.69) is 13.8 Å². The van der Waals surface area contributed by atoms with Crippen LogP contribution in [0.3, 0.4) is 0 Å². The Kier molecular flexibility index (Phi) is 6.80. The van der Waals surface area contributed by atoms with E-state index in [9.17, 15) is 14.5 Å². The number of nitrogens with zero attached hydrogens (tertiary/aromatic N) is 1. The molecular formula is C12H18ClFN2O2. The van der Waals surface area contributed by atoms with Crippen molar-refractivity contribution in [2.24, 2.45) is 11.7 Å². The number of hydrogen-bond donors (Lipinski definition) is 1. The summed E-state index contributed by atoms with van der Waals surface area (Å²) in [6.07, 6.45) is 1.67. The van der Waals surface area contributed by atoms with Crippen molar-refractivity contribution in [3.05, 3.63) is 39.7 Å². The summed E-state index contributed by atoms with van der Waals surface area (Å²) in [5.41, 5.74) is 6.02. The van der Waals surface area contributed by atoms with Gasteiger partial charge in [-0.05, 0) is 30.4 Å². The van der Waals surface area contributed by atoms with Crippen LogP contribution in [0.25, 0.3) is 0 Å². The molecule has 2 N–H and O–H groups in total. The number of benzene rings is 1. The van der Waals surface area contributed by atoms with Gasteiger partial charge in [-0.3, -0.25) is 10.1 Å². The van der Waals surface area contributed by atoms with Crippen LogP contribution in [-0.2, 0) is 0 Å². The topological polar surface area (TPSA) is 69.2 Å². The Bertz CT molecular complexity index is 413. The first-order valence-corrected chi connectivity index (χ1v) is 5.61. The van der Waals surface area contributed by atoms with Crippen LogP contribution >= 0.6 is 12.4 Å². The highest BCUT2D eigenvalue weighted by Gasteiger charge is 2.17. The molecule has 1 rings (SSSR count). The van der Waals surface area contributed by atoms with Crippen LogP contribution in [0.4, 0.5) is 10.1 Å². The minimum Gasteiger partial charge on any atom is -0.324 e. The Morgan fingerprint density at radius 1 is 1.39 bits per heavy atom. The molecule has 6 heteroatoms. The van der Waals surface area contributed by atoms with Gasteiger partial charge in [-0.25, -0.2) is 0 Å². The van der Waals surface area contributed by atoms with Crippen molar-refractivity contribution >= 4 is 18.1 Å². The van der Waals surface area contributed by atoms with E-state index in [1.165, 1.54) is 12.1 Å². The highest BCUT2D eigenvalue weighted by molar-refractivity contribution is 5.85. The van der Waals surface area contributed by atoms with Gasteiger partial charge >= 0.3 is 5.69 Å². The Morgan fingerprint density at radius 3 is 2.50 bits per heavy atom. The molecule has 0 fully saturated rings. The van der Waals surface area contributed by atoms with Crippen LogP contribution in [0.2, 0.25) is 0 Å². The van der Waals surface area contributed by atoms with Gasteiger partial charge in [0, 0.05) is 12.1 Å². The van der Waals surface area contributed by atoms with Crippen molar-refractivity contribution in [2.75, 3.05) is 0 Å². The highest BCUT2D eigenvalue weighted by Crippen LogP contribution is 2.24. The van der Waals surface area contributed by atoms with E-state index in [1.54, 1.807) is 0 Å². The molecule has 0 heterocycles. The van der Waals surface area contributed by atoms with Crippen LogP contribution in [-0.4, -0.2) is 4.92 Å². The van der Waals surface area contributed by atoms with Crippen LogP contribution in [0.15, 0.2) is 18.2 Å². The van der Waals surface area contributed by atoms with Crippen LogP contribution in [0.5, 0.6) is 0 Å². The second kappa shape index (κ2) is 7.28. The summed E-state index contributed by atoms with van der Waals surface area (Å²) in [4.78, 5) is 9.86. The van der Waals surface area contributed by atoms with E-state index in [4.69, 9.17) is 5.73 Å². The van der Waals surface area contributed by atoms with Crippen molar-refractivity contribution in [1.29, 1.82) is 0 Å². The quantitative estimate of drug-likeness (QED) is 0.660. The summed E-state index contributed by atoms with van der Waals surface area (Å²) in [6.45, 7) is 4.17. The summed E-state index contributed by atoms with van der Waals surface area (Å²) in [7, 11) is 0. The van der Waals surface area contributed by atoms with Crippen molar-refractivity contribution in [3.8, 4) is 0 Å². The van der Waals surface area contributed by atoms with E-state index < -0.39 is 16.4 Å². The first-order valence-electron chi connectivity index (χ1n) is 5.61. The molecule has 0 bridgehead atoms. The predicted molar refractivity (Wildman–Crippen MR) is 71.3 cm³/mol.